The smallest absolute Gasteiger partial charge is 0.260 e. The number of nitrogens with zero attached hydrogens (tertiary/aromatic N) is 3. The first-order valence-electron chi connectivity index (χ1n) is 12.3. The maximum atomic E-state index is 13.8. The van der Waals surface area contributed by atoms with E-state index in [0.717, 1.165) is 35.0 Å². The minimum atomic E-state index is -3.61. The molecule has 1 aromatic heterocycles. The van der Waals surface area contributed by atoms with Gasteiger partial charge in [-0.25, -0.2) is 13.4 Å². The lowest BCUT2D eigenvalue weighted by atomic mass is 10.1. The van der Waals surface area contributed by atoms with Gasteiger partial charge in [-0.3, -0.25) is 9.69 Å². The molecule has 1 aliphatic rings. The van der Waals surface area contributed by atoms with Gasteiger partial charge < -0.3 is 4.74 Å². The van der Waals surface area contributed by atoms with Crippen molar-refractivity contribution in [3.63, 3.8) is 0 Å². The lowest BCUT2D eigenvalue weighted by Gasteiger charge is -2.32. The Bertz CT molecular complexity index is 1500. The minimum Gasteiger partial charge on any atom is -0.497 e. The summed E-state index contributed by atoms with van der Waals surface area (Å²) in [6.07, 6.45) is 2.76. The highest BCUT2D eigenvalue weighted by Crippen LogP contribution is 2.33. The molecule has 1 unspecified atom stereocenters. The minimum absolute atomic E-state index is 0.0286. The maximum Gasteiger partial charge on any atom is 0.260 e. The molecule has 0 spiro atoms. The molecule has 192 valence electrons. The van der Waals surface area contributed by atoms with Crippen molar-refractivity contribution in [2.75, 3.05) is 18.6 Å². The van der Waals surface area contributed by atoms with E-state index in [2.05, 4.69) is 0 Å². The monoisotopic (exact) mass is 535 g/mol. The molecule has 3 aromatic carbocycles. The molecule has 4 aromatic rings. The van der Waals surface area contributed by atoms with E-state index in [1.807, 2.05) is 55.5 Å². The summed E-state index contributed by atoms with van der Waals surface area (Å²) in [5.41, 5.74) is 2.12. The van der Waals surface area contributed by atoms with Crippen LogP contribution in [0.4, 0.5) is 5.13 Å². The fourth-order valence-electron chi connectivity index (χ4n) is 4.62. The molecule has 2 heterocycles. The Hall–Kier alpha value is -3.27. The Morgan fingerprint density at radius 3 is 2.54 bits per heavy atom. The van der Waals surface area contributed by atoms with Crippen LogP contribution in [0.25, 0.3) is 10.2 Å². The van der Waals surface area contributed by atoms with Gasteiger partial charge >= 0.3 is 0 Å². The first-order valence-corrected chi connectivity index (χ1v) is 14.5. The van der Waals surface area contributed by atoms with Gasteiger partial charge in [-0.1, -0.05) is 48.1 Å². The number of amides is 1. The number of piperidine rings is 1. The standard InChI is InChI=1S/C28H29N3O4S2/c1-20-8-6-7-17-31(20)37(33,34)24-14-11-22(12-15-24)27(32)30(19-21-9-4-3-5-10-21)28-29-25-18-23(35-2)13-16-26(25)36-28/h3-5,9-16,18,20H,6-8,17,19H2,1-2H3. The van der Waals surface area contributed by atoms with Crippen molar-refractivity contribution < 1.29 is 17.9 Å². The van der Waals surface area contributed by atoms with Crippen LogP contribution in [0.1, 0.15) is 42.1 Å². The molecule has 1 fully saturated rings. The third kappa shape index (κ3) is 5.25. The van der Waals surface area contributed by atoms with Gasteiger partial charge in [0.1, 0.15) is 5.75 Å². The zero-order valence-corrected chi connectivity index (χ0v) is 22.5. The number of benzene rings is 3. The van der Waals surface area contributed by atoms with Gasteiger partial charge in [0.05, 0.1) is 28.8 Å². The van der Waals surface area contributed by atoms with Crippen molar-refractivity contribution in [3.8, 4) is 5.75 Å². The predicted octanol–water partition coefficient (Wildman–Crippen LogP) is 5.72. The van der Waals surface area contributed by atoms with E-state index in [1.54, 1.807) is 28.4 Å². The van der Waals surface area contributed by atoms with E-state index >= 15 is 0 Å². The summed E-state index contributed by atoms with van der Waals surface area (Å²) >= 11 is 1.43. The second-order valence-corrected chi connectivity index (χ2v) is 12.1. The highest BCUT2D eigenvalue weighted by atomic mass is 32.2. The Labute approximate surface area is 221 Å². The van der Waals surface area contributed by atoms with E-state index in [0.29, 0.717) is 29.5 Å². The number of hydrogen-bond acceptors (Lipinski definition) is 6. The Morgan fingerprint density at radius 1 is 1.08 bits per heavy atom. The summed E-state index contributed by atoms with van der Waals surface area (Å²) in [4.78, 5) is 20.4. The van der Waals surface area contributed by atoms with Crippen molar-refractivity contribution in [1.29, 1.82) is 0 Å². The number of sulfonamides is 1. The molecule has 0 bridgehead atoms. The van der Waals surface area contributed by atoms with Crippen LogP contribution in [0.2, 0.25) is 0 Å². The van der Waals surface area contributed by atoms with Crippen LogP contribution in [0, 0.1) is 0 Å². The second-order valence-electron chi connectivity index (χ2n) is 9.19. The summed E-state index contributed by atoms with van der Waals surface area (Å²) in [5, 5.41) is 0.566. The summed E-state index contributed by atoms with van der Waals surface area (Å²) in [6, 6.07) is 21.6. The Kier molecular flexibility index (Phi) is 7.28. The van der Waals surface area contributed by atoms with E-state index in [9.17, 15) is 13.2 Å². The molecule has 0 N–H and O–H groups in total. The lowest BCUT2D eigenvalue weighted by molar-refractivity contribution is 0.0985. The van der Waals surface area contributed by atoms with Crippen LogP contribution in [0.3, 0.4) is 0 Å². The van der Waals surface area contributed by atoms with E-state index in [4.69, 9.17) is 9.72 Å². The number of aromatic nitrogens is 1. The number of anilines is 1. The number of hydrogen-bond donors (Lipinski definition) is 0. The number of carbonyl (C=O) groups is 1. The number of fused-ring (bicyclic) bond motifs is 1. The van der Waals surface area contributed by atoms with Gasteiger partial charge in [0.2, 0.25) is 10.0 Å². The topological polar surface area (TPSA) is 79.8 Å². The maximum absolute atomic E-state index is 13.8. The van der Waals surface area contributed by atoms with Gasteiger partial charge in [0.15, 0.2) is 5.13 Å². The van der Waals surface area contributed by atoms with Crippen molar-refractivity contribution >= 4 is 42.6 Å². The number of rotatable bonds is 7. The average molecular weight is 536 g/mol. The number of methoxy groups -OCH3 is 1. The van der Waals surface area contributed by atoms with E-state index < -0.39 is 10.0 Å². The predicted molar refractivity (Wildman–Crippen MR) is 147 cm³/mol. The normalized spacial score (nSPS) is 16.5. The Balaban J connectivity index is 1.47. The van der Waals surface area contributed by atoms with Gasteiger partial charge in [-0.05, 0) is 61.7 Å². The largest absolute Gasteiger partial charge is 0.497 e. The molecule has 9 heteroatoms. The molecule has 0 saturated carbocycles. The van der Waals surface area contributed by atoms with Crippen LogP contribution < -0.4 is 9.64 Å². The number of carbonyl (C=O) groups excluding carboxylic acids is 1. The SMILES string of the molecule is COc1ccc2sc(N(Cc3ccccc3)C(=O)c3ccc(S(=O)(=O)N4CCCCC4C)cc3)nc2c1. The van der Waals surface area contributed by atoms with Gasteiger partial charge in [-0.2, -0.15) is 4.31 Å². The van der Waals surface area contributed by atoms with Crippen LogP contribution in [-0.2, 0) is 16.6 Å². The molecular formula is C28H29N3O4S2. The molecule has 1 saturated heterocycles. The van der Waals surface area contributed by atoms with Gasteiger partial charge in [0, 0.05) is 24.2 Å². The lowest BCUT2D eigenvalue weighted by Crippen LogP contribution is -2.41. The highest BCUT2D eigenvalue weighted by Gasteiger charge is 2.31. The quantitative estimate of drug-likeness (QED) is 0.303. The third-order valence-corrected chi connectivity index (χ3v) is 9.78. The van der Waals surface area contributed by atoms with Crippen LogP contribution in [0.5, 0.6) is 5.75 Å². The molecule has 0 aliphatic carbocycles. The summed E-state index contributed by atoms with van der Waals surface area (Å²) < 4.78 is 34.3. The summed E-state index contributed by atoms with van der Waals surface area (Å²) in [7, 11) is -2.01. The van der Waals surface area contributed by atoms with Crippen molar-refractivity contribution in [3.05, 3.63) is 83.9 Å². The zero-order chi connectivity index (χ0) is 26.0. The van der Waals surface area contributed by atoms with Crippen molar-refractivity contribution in [1.82, 2.24) is 9.29 Å². The second kappa shape index (κ2) is 10.6. The molecule has 0 radical (unpaired) electrons. The molecule has 1 atom stereocenters. The number of ether oxygens (including phenoxy) is 1. The van der Waals surface area contributed by atoms with E-state index in [-0.39, 0.29) is 16.8 Å². The van der Waals surface area contributed by atoms with Crippen LogP contribution >= 0.6 is 11.3 Å². The molecule has 37 heavy (non-hydrogen) atoms. The van der Waals surface area contributed by atoms with Crippen LogP contribution in [0.15, 0.2) is 77.7 Å². The van der Waals surface area contributed by atoms with E-state index in [1.165, 1.54) is 23.5 Å². The highest BCUT2D eigenvalue weighted by molar-refractivity contribution is 7.89. The summed E-state index contributed by atoms with van der Waals surface area (Å²) in [6.45, 7) is 2.81. The molecule has 5 rings (SSSR count). The molecule has 1 aliphatic heterocycles. The fraction of sp³-hybridized carbons (Fsp3) is 0.286. The first kappa shape index (κ1) is 25.4. The van der Waals surface area contributed by atoms with Gasteiger partial charge in [0.25, 0.3) is 5.91 Å². The van der Waals surface area contributed by atoms with Gasteiger partial charge in [-0.15, -0.1) is 0 Å². The Morgan fingerprint density at radius 2 is 1.84 bits per heavy atom. The molecule has 7 nitrogen and oxygen atoms in total. The first-order chi connectivity index (χ1) is 17.9. The fourth-order valence-corrected chi connectivity index (χ4v) is 7.26. The van der Waals surface area contributed by atoms with Crippen LogP contribution in [-0.4, -0.2) is 43.3 Å². The molecular weight excluding hydrogens is 506 g/mol. The summed E-state index contributed by atoms with van der Waals surface area (Å²) in [5.74, 6) is 0.454. The number of thiazole rings is 1. The van der Waals surface area contributed by atoms with Crippen molar-refractivity contribution in [2.45, 2.75) is 43.7 Å². The van der Waals surface area contributed by atoms with Crippen molar-refractivity contribution in [2.24, 2.45) is 0 Å². The zero-order valence-electron chi connectivity index (χ0n) is 20.8. The average Bonchev–Trinajstić information content (AvgIpc) is 3.35. The molecule has 1 amide bonds. The third-order valence-electron chi connectivity index (χ3n) is 6.69.